The van der Waals surface area contributed by atoms with E-state index in [1.54, 1.807) is 25.1 Å². The van der Waals surface area contributed by atoms with Crippen LogP contribution in [-0.4, -0.2) is 57.0 Å². The maximum atomic E-state index is 11.9. The van der Waals surface area contributed by atoms with E-state index < -0.39 is 24.4 Å². The molecule has 0 radical (unpaired) electrons. The first-order valence-corrected chi connectivity index (χ1v) is 7.57. The van der Waals surface area contributed by atoms with E-state index in [-0.39, 0.29) is 19.0 Å². The van der Waals surface area contributed by atoms with Crippen molar-refractivity contribution in [2.24, 2.45) is 0 Å². The smallest absolute Gasteiger partial charge is 0.325 e. The van der Waals surface area contributed by atoms with Crippen LogP contribution in [0.2, 0.25) is 0 Å². The number of carbonyl (C=O) groups excluding carboxylic acids is 4. The monoisotopic (exact) mass is 351 g/mol. The van der Waals surface area contributed by atoms with E-state index in [2.05, 4.69) is 16.0 Å². The zero-order valence-electron chi connectivity index (χ0n) is 14.1. The fourth-order valence-electron chi connectivity index (χ4n) is 1.71. The summed E-state index contributed by atoms with van der Waals surface area (Å²) in [7, 11) is 1.48. The number of carbonyl (C=O) groups is 4. The van der Waals surface area contributed by atoms with Crippen molar-refractivity contribution in [1.82, 2.24) is 16.0 Å². The van der Waals surface area contributed by atoms with Gasteiger partial charge in [-0.05, 0) is 25.1 Å². The van der Waals surface area contributed by atoms with Crippen molar-refractivity contribution in [2.45, 2.75) is 6.92 Å². The molecule has 9 nitrogen and oxygen atoms in total. The number of rotatable bonds is 9. The van der Waals surface area contributed by atoms with Gasteiger partial charge in [0.15, 0.2) is 6.61 Å². The highest BCUT2D eigenvalue weighted by Crippen LogP contribution is 2.12. The lowest BCUT2D eigenvalue weighted by atomic mass is 10.2. The molecule has 0 saturated heterocycles. The molecule has 136 valence electrons. The number of amides is 3. The number of hydrogen-bond acceptors (Lipinski definition) is 6. The number of esters is 1. The van der Waals surface area contributed by atoms with Gasteiger partial charge in [0.05, 0.1) is 13.7 Å². The largest absolute Gasteiger partial charge is 0.497 e. The van der Waals surface area contributed by atoms with Gasteiger partial charge in [0.25, 0.3) is 11.8 Å². The molecular weight excluding hydrogens is 330 g/mol. The summed E-state index contributed by atoms with van der Waals surface area (Å²) in [6.07, 6.45) is 0. The molecule has 0 aromatic heterocycles. The maximum absolute atomic E-state index is 11.9. The molecule has 0 aliphatic carbocycles. The van der Waals surface area contributed by atoms with Crippen LogP contribution in [-0.2, 0) is 19.1 Å². The molecule has 0 bridgehead atoms. The van der Waals surface area contributed by atoms with Gasteiger partial charge in [-0.3, -0.25) is 19.2 Å². The summed E-state index contributed by atoms with van der Waals surface area (Å²) < 4.78 is 9.71. The first-order chi connectivity index (χ1) is 12.0. The average Bonchev–Trinajstić information content (AvgIpc) is 2.62. The Hall–Kier alpha value is -3.10. The Morgan fingerprint density at radius 3 is 2.44 bits per heavy atom. The Labute approximate surface area is 145 Å². The van der Waals surface area contributed by atoms with Gasteiger partial charge < -0.3 is 25.4 Å². The fraction of sp³-hybridized carbons (Fsp3) is 0.375. The second-order valence-electron chi connectivity index (χ2n) is 4.81. The summed E-state index contributed by atoms with van der Waals surface area (Å²) in [6.45, 7) is 1.09. The third-order valence-corrected chi connectivity index (χ3v) is 2.91. The van der Waals surface area contributed by atoms with Gasteiger partial charge in [-0.1, -0.05) is 6.07 Å². The maximum Gasteiger partial charge on any atom is 0.325 e. The molecule has 0 saturated carbocycles. The third kappa shape index (κ3) is 7.82. The minimum atomic E-state index is -0.774. The van der Waals surface area contributed by atoms with Crippen LogP contribution in [0.1, 0.15) is 17.3 Å². The highest BCUT2D eigenvalue weighted by molar-refractivity contribution is 5.96. The number of benzene rings is 1. The normalized spacial score (nSPS) is 9.68. The predicted octanol–water partition coefficient (Wildman–Crippen LogP) is -0.779. The second-order valence-corrected chi connectivity index (χ2v) is 4.81. The molecule has 0 unspecified atom stereocenters. The summed E-state index contributed by atoms with van der Waals surface area (Å²) in [5, 5.41) is 7.18. The zero-order chi connectivity index (χ0) is 18.7. The highest BCUT2D eigenvalue weighted by atomic mass is 16.5. The summed E-state index contributed by atoms with van der Waals surface area (Å²) in [5.74, 6) is -1.69. The summed E-state index contributed by atoms with van der Waals surface area (Å²) in [5.41, 5.74) is 0.326. The van der Waals surface area contributed by atoms with Gasteiger partial charge in [0.2, 0.25) is 5.91 Å². The van der Waals surface area contributed by atoms with Gasteiger partial charge in [-0.25, -0.2) is 0 Å². The molecule has 1 rings (SSSR count). The topological polar surface area (TPSA) is 123 Å². The SMILES string of the molecule is CCNC(=O)CNC(=O)COC(=O)CNC(=O)c1cccc(OC)c1. The van der Waals surface area contributed by atoms with E-state index in [4.69, 9.17) is 9.47 Å². The molecular formula is C16H21N3O6. The Morgan fingerprint density at radius 1 is 1.00 bits per heavy atom. The molecule has 3 N–H and O–H groups in total. The van der Waals surface area contributed by atoms with Crippen molar-refractivity contribution in [3.05, 3.63) is 29.8 Å². The van der Waals surface area contributed by atoms with Crippen LogP contribution in [0, 0.1) is 0 Å². The molecule has 0 atom stereocenters. The third-order valence-electron chi connectivity index (χ3n) is 2.91. The Kier molecular flexibility index (Phi) is 8.48. The van der Waals surface area contributed by atoms with Crippen molar-refractivity contribution in [1.29, 1.82) is 0 Å². The van der Waals surface area contributed by atoms with Crippen molar-refractivity contribution >= 4 is 23.7 Å². The Balaban J connectivity index is 2.29. The van der Waals surface area contributed by atoms with E-state index in [1.807, 2.05) is 0 Å². The van der Waals surface area contributed by atoms with E-state index >= 15 is 0 Å². The average molecular weight is 351 g/mol. The van der Waals surface area contributed by atoms with E-state index in [0.717, 1.165) is 0 Å². The van der Waals surface area contributed by atoms with Gasteiger partial charge in [0.1, 0.15) is 12.3 Å². The molecule has 0 fully saturated rings. The molecule has 0 aliphatic heterocycles. The van der Waals surface area contributed by atoms with E-state index in [1.165, 1.54) is 13.2 Å². The van der Waals surface area contributed by atoms with Crippen LogP contribution in [0.15, 0.2) is 24.3 Å². The fourth-order valence-corrected chi connectivity index (χ4v) is 1.71. The standard InChI is InChI=1S/C16H21N3O6/c1-3-17-13(20)8-18-14(21)10-25-15(22)9-19-16(23)11-5-4-6-12(7-11)24-2/h4-7H,3,8-10H2,1-2H3,(H,17,20)(H,18,21)(H,19,23). The minimum Gasteiger partial charge on any atom is -0.497 e. The number of likely N-dealkylation sites (N-methyl/N-ethyl adjacent to an activating group) is 1. The summed E-state index contributed by atoms with van der Waals surface area (Å²) >= 11 is 0. The highest BCUT2D eigenvalue weighted by Gasteiger charge is 2.12. The molecule has 0 spiro atoms. The number of ether oxygens (including phenoxy) is 2. The molecule has 3 amide bonds. The Bertz CT molecular complexity index is 632. The van der Waals surface area contributed by atoms with Crippen molar-refractivity contribution in [3.8, 4) is 5.75 Å². The van der Waals surface area contributed by atoms with Gasteiger partial charge in [-0.2, -0.15) is 0 Å². The van der Waals surface area contributed by atoms with Crippen LogP contribution in [0.4, 0.5) is 0 Å². The van der Waals surface area contributed by atoms with Crippen LogP contribution in [0.25, 0.3) is 0 Å². The van der Waals surface area contributed by atoms with Gasteiger partial charge in [0, 0.05) is 12.1 Å². The van der Waals surface area contributed by atoms with Crippen LogP contribution >= 0.6 is 0 Å². The second kappa shape index (κ2) is 10.6. The molecule has 25 heavy (non-hydrogen) atoms. The van der Waals surface area contributed by atoms with Crippen LogP contribution in [0.3, 0.4) is 0 Å². The minimum absolute atomic E-state index is 0.198. The Morgan fingerprint density at radius 2 is 1.76 bits per heavy atom. The molecule has 9 heteroatoms. The van der Waals surface area contributed by atoms with Gasteiger partial charge >= 0.3 is 5.97 Å². The molecule has 1 aromatic carbocycles. The summed E-state index contributed by atoms with van der Waals surface area (Å²) in [4.78, 5) is 46.0. The van der Waals surface area contributed by atoms with Crippen molar-refractivity contribution in [3.63, 3.8) is 0 Å². The number of methoxy groups -OCH3 is 1. The zero-order valence-corrected chi connectivity index (χ0v) is 14.1. The van der Waals surface area contributed by atoms with Crippen LogP contribution in [0.5, 0.6) is 5.75 Å². The van der Waals surface area contributed by atoms with E-state index in [0.29, 0.717) is 17.9 Å². The molecule has 1 aromatic rings. The lowest BCUT2D eigenvalue weighted by Crippen LogP contribution is -2.39. The van der Waals surface area contributed by atoms with Crippen molar-refractivity contribution in [2.75, 3.05) is 33.4 Å². The first-order valence-electron chi connectivity index (χ1n) is 7.57. The quantitative estimate of drug-likeness (QED) is 0.502. The van der Waals surface area contributed by atoms with Gasteiger partial charge in [-0.15, -0.1) is 0 Å². The number of hydrogen-bond donors (Lipinski definition) is 3. The number of nitrogens with one attached hydrogen (secondary N) is 3. The lowest BCUT2D eigenvalue weighted by Gasteiger charge is -2.08. The van der Waals surface area contributed by atoms with E-state index in [9.17, 15) is 19.2 Å². The summed E-state index contributed by atoms with van der Waals surface area (Å²) in [6, 6.07) is 6.42. The molecule has 0 aliphatic rings. The first kappa shape index (κ1) is 19.9. The van der Waals surface area contributed by atoms with Crippen LogP contribution < -0.4 is 20.7 Å². The predicted molar refractivity (Wildman–Crippen MR) is 88.0 cm³/mol. The molecule has 0 heterocycles. The van der Waals surface area contributed by atoms with Crippen molar-refractivity contribution < 1.29 is 28.7 Å². The lowest BCUT2D eigenvalue weighted by molar-refractivity contribution is -0.147.